The molecule has 0 fully saturated rings. The lowest BCUT2D eigenvalue weighted by molar-refractivity contribution is -0.383. The fraction of sp³-hybridized carbons (Fsp3) is 0.133. The fourth-order valence-electron chi connectivity index (χ4n) is 1.94. The molecule has 0 heterocycles. The zero-order valence-electron chi connectivity index (χ0n) is 12.5. The second-order valence-corrected chi connectivity index (χ2v) is 4.55. The average molecular weight is 317 g/mol. The van der Waals surface area contributed by atoms with E-state index >= 15 is 0 Å². The van der Waals surface area contributed by atoms with E-state index in [2.05, 4.69) is 5.32 Å². The maximum Gasteiger partial charge on any atom is 0.292 e. The minimum absolute atomic E-state index is 0.00595. The number of carbonyl (C=O) groups is 1. The van der Waals surface area contributed by atoms with Crippen LogP contribution in [0.5, 0.6) is 11.5 Å². The van der Waals surface area contributed by atoms with Crippen LogP contribution in [0.4, 0.5) is 17.1 Å². The Balaban J connectivity index is 2.29. The zero-order valence-corrected chi connectivity index (χ0v) is 12.5. The van der Waals surface area contributed by atoms with Gasteiger partial charge in [-0.2, -0.15) is 0 Å². The van der Waals surface area contributed by atoms with Gasteiger partial charge in [0.25, 0.3) is 11.6 Å². The summed E-state index contributed by atoms with van der Waals surface area (Å²) < 4.78 is 10.3. The number of hydrogen-bond acceptors (Lipinski definition) is 6. The van der Waals surface area contributed by atoms with Crippen LogP contribution < -0.4 is 20.5 Å². The van der Waals surface area contributed by atoms with Crippen molar-refractivity contribution < 1.29 is 19.2 Å². The van der Waals surface area contributed by atoms with Gasteiger partial charge in [-0.1, -0.05) is 0 Å². The molecule has 23 heavy (non-hydrogen) atoms. The van der Waals surface area contributed by atoms with Crippen LogP contribution in [-0.2, 0) is 0 Å². The molecule has 0 atom stereocenters. The number of amides is 1. The summed E-state index contributed by atoms with van der Waals surface area (Å²) in [6.07, 6.45) is 0. The minimum atomic E-state index is -0.639. The van der Waals surface area contributed by atoms with Crippen LogP contribution in [0.15, 0.2) is 36.4 Å². The third-order valence-corrected chi connectivity index (χ3v) is 3.15. The number of nitrogen functional groups attached to an aromatic ring is 1. The first-order valence-corrected chi connectivity index (χ1v) is 6.53. The van der Waals surface area contributed by atoms with Crippen LogP contribution in [-0.4, -0.2) is 25.1 Å². The molecule has 0 aliphatic carbocycles. The maximum absolute atomic E-state index is 12.3. The molecule has 0 saturated heterocycles. The van der Waals surface area contributed by atoms with Gasteiger partial charge in [0.15, 0.2) is 0 Å². The number of nitro benzene ring substituents is 1. The summed E-state index contributed by atoms with van der Waals surface area (Å²) in [5, 5.41) is 13.5. The molecular weight excluding hydrogens is 302 g/mol. The molecular formula is C15H15N3O5. The molecule has 0 aliphatic heterocycles. The highest BCUT2D eigenvalue weighted by Gasteiger charge is 2.17. The summed E-state index contributed by atoms with van der Waals surface area (Å²) in [6, 6.07) is 8.73. The van der Waals surface area contributed by atoms with Gasteiger partial charge in [-0.3, -0.25) is 14.9 Å². The fourth-order valence-corrected chi connectivity index (χ4v) is 1.94. The van der Waals surface area contributed by atoms with Crippen molar-refractivity contribution in [2.45, 2.75) is 0 Å². The minimum Gasteiger partial charge on any atom is -0.497 e. The number of methoxy groups -OCH3 is 2. The van der Waals surface area contributed by atoms with Gasteiger partial charge < -0.3 is 20.5 Å². The quantitative estimate of drug-likeness (QED) is 0.497. The van der Waals surface area contributed by atoms with E-state index in [-0.39, 0.29) is 16.9 Å². The Bertz CT molecular complexity index is 761. The highest BCUT2D eigenvalue weighted by atomic mass is 16.6. The summed E-state index contributed by atoms with van der Waals surface area (Å²) >= 11 is 0. The van der Waals surface area contributed by atoms with E-state index in [0.29, 0.717) is 17.2 Å². The van der Waals surface area contributed by atoms with Crippen molar-refractivity contribution in [2.24, 2.45) is 0 Å². The Morgan fingerprint density at radius 3 is 2.52 bits per heavy atom. The first-order valence-electron chi connectivity index (χ1n) is 6.53. The molecule has 8 nitrogen and oxygen atoms in total. The highest BCUT2D eigenvalue weighted by molar-refractivity contribution is 6.05. The first kappa shape index (κ1) is 16.1. The monoisotopic (exact) mass is 317 g/mol. The molecule has 3 N–H and O–H groups in total. The second-order valence-electron chi connectivity index (χ2n) is 4.55. The van der Waals surface area contributed by atoms with Crippen molar-refractivity contribution in [3.63, 3.8) is 0 Å². The van der Waals surface area contributed by atoms with Crippen LogP contribution >= 0.6 is 0 Å². The van der Waals surface area contributed by atoms with Gasteiger partial charge in [0.05, 0.1) is 24.8 Å². The van der Waals surface area contributed by atoms with Crippen molar-refractivity contribution >= 4 is 23.0 Å². The predicted molar refractivity (Wildman–Crippen MR) is 85.0 cm³/mol. The second kappa shape index (κ2) is 6.65. The van der Waals surface area contributed by atoms with Crippen LogP contribution in [0, 0.1) is 10.1 Å². The topological polar surface area (TPSA) is 117 Å². The summed E-state index contributed by atoms with van der Waals surface area (Å²) in [6.45, 7) is 0. The van der Waals surface area contributed by atoms with E-state index < -0.39 is 10.8 Å². The summed E-state index contributed by atoms with van der Waals surface area (Å²) in [5.74, 6) is 0.460. The lowest BCUT2D eigenvalue weighted by atomic mass is 10.1. The molecule has 120 valence electrons. The summed E-state index contributed by atoms with van der Waals surface area (Å²) in [5.41, 5.74) is 5.72. The Labute approximate surface area is 132 Å². The number of ether oxygens (including phenoxy) is 2. The highest BCUT2D eigenvalue weighted by Crippen LogP contribution is 2.30. The average Bonchev–Trinajstić information content (AvgIpc) is 2.55. The van der Waals surface area contributed by atoms with Crippen LogP contribution in [0.3, 0.4) is 0 Å². The van der Waals surface area contributed by atoms with Crippen molar-refractivity contribution in [3.8, 4) is 11.5 Å². The third-order valence-electron chi connectivity index (χ3n) is 3.15. The van der Waals surface area contributed by atoms with Crippen molar-refractivity contribution in [1.82, 2.24) is 0 Å². The molecule has 8 heteroatoms. The molecule has 2 rings (SSSR count). The predicted octanol–water partition coefficient (Wildman–Crippen LogP) is 2.45. The van der Waals surface area contributed by atoms with Crippen molar-refractivity contribution in [3.05, 3.63) is 52.1 Å². The molecule has 0 unspecified atom stereocenters. The van der Waals surface area contributed by atoms with E-state index in [4.69, 9.17) is 15.2 Å². The normalized spacial score (nSPS) is 10.0. The summed E-state index contributed by atoms with van der Waals surface area (Å²) in [4.78, 5) is 22.5. The molecule has 0 bridgehead atoms. The Hall–Kier alpha value is -3.29. The van der Waals surface area contributed by atoms with Crippen LogP contribution in [0.25, 0.3) is 0 Å². The number of benzene rings is 2. The van der Waals surface area contributed by atoms with E-state index in [1.54, 1.807) is 18.2 Å². The number of nitrogens with one attached hydrogen (secondary N) is 1. The van der Waals surface area contributed by atoms with E-state index in [0.717, 1.165) is 6.07 Å². The molecule has 0 aromatic heterocycles. The molecule has 0 radical (unpaired) electrons. The smallest absolute Gasteiger partial charge is 0.292 e. The van der Waals surface area contributed by atoms with E-state index in [1.165, 1.54) is 26.4 Å². The number of carbonyl (C=O) groups excluding carboxylic acids is 1. The van der Waals surface area contributed by atoms with Gasteiger partial charge in [-0.25, -0.2) is 0 Å². The van der Waals surface area contributed by atoms with Gasteiger partial charge in [0.1, 0.15) is 17.2 Å². The number of anilines is 2. The van der Waals surface area contributed by atoms with Gasteiger partial charge in [-0.15, -0.1) is 0 Å². The lowest BCUT2D eigenvalue weighted by Crippen LogP contribution is -2.13. The summed E-state index contributed by atoms with van der Waals surface area (Å²) in [7, 11) is 2.97. The molecule has 0 spiro atoms. The molecule has 2 aromatic carbocycles. The van der Waals surface area contributed by atoms with Gasteiger partial charge >= 0.3 is 0 Å². The SMILES string of the molecule is COc1ccc(NC(=O)c2ccc(N)c([N+](=O)[O-])c2)c(OC)c1. The zero-order chi connectivity index (χ0) is 17.0. The Morgan fingerprint density at radius 1 is 1.17 bits per heavy atom. The van der Waals surface area contributed by atoms with Gasteiger partial charge in [-0.05, 0) is 24.3 Å². The van der Waals surface area contributed by atoms with Gasteiger partial charge in [0.2, 0.25) is 0 Å². The van der Waals surface area contributed by atoms with E-state index in [1.807, 2.05) is 0 Å². The molecule has 0 aliphatic rings. The number of nitro groups is 1. The maximum atomic E-state index is 12.3. The largest absolute Gasteiger partial charge is 0.497 e. The van der Waals surface area contributed by atoms with Crippen LogP contribution in [0.2, 0.25) is 0 Å². The number of nitrogens with two attached hydrogens (primary N) is 1. The molecule has 0 saturated carbocycles. The lowest BCUT2D eigenvalue weighted by Gasteiger charge is -2.11. The van der Waals surface area contributed by atoms with Crippen LogP contribution in [0.1, 0.15) is 10.4 Å². The molecule has 1 amide bonds. The molecule has 2 aromatic rings. The van der Waals surface area contributed by atoms with Crippen molar-refractivity contribution in [2.75, 3.05) is 25.3 Å². The van der Waals surface area contributed by atoms with E-state index in [9.17, 15) is 14.9 Å². The Morgan fingerprint density at radius 2 is 1.91 bits per heavy atom. The standard InChI is InChI=1S/C15H15N3O5/c1-22-10-4-6-12(14(8-10)23-2)17-15(19)9-3-5-11(16)13(7-9)18(20)21/h3-8H,16H2,1-2H3,(H,17,19). The Kier molecular flexibility index (Phi) is 4.65. The number of nitrogens with zero attached hydrogens (tertiary/aromatic N) is 1. The number of hydrogen-bond donors (Lipinski definition) is 2. The number of rotatable bonds is 5. The first-order chi connectivity index (χ1) is 11.0. The third kappa shape index (κ3) is 3.49. The van der Waals surface area contributed by atoms with Gasteiger partial charge in [0, 0.05) is 17.7 Å². The van der Waals surface area contributed by atoms with Crippen molar-refractivity contribution in [1.29, 1.82) is 0 Å².